The number of benzene rings is 1. The predicted octanol–water partition coefficient (Wildman–Crippen LogP) is 4.33. The average molecular weight is 303 g/mol. The van der Waals surface area contributed by atoms with Gasteiger partial charge in [-0.05, 0) is 30.9 Å². The molecule has 0 aromatic heterocycles. The van der Waals surface area contributed by atoms with Crippen molar-refractivity contribution in [2.75, 3.05) is 19.8 Å². The third-order valence-electron chi connectivity index (χ3n) is 3.37. The molecule has 0 bridgehead atoms. The molecule has 1 N–H and O–H groups in total. The fourth-order valence-electron chi connectivity index (χ4n) is 2.39. The minimum Gasteiger partial charge on any atom is -0.372 e. The van der Waals surface area contributed by atoms with E-state index in [0.717, 1.165) is 13.0 Å². The maximum Gasteiger partial charge on any atom is 0.411 e. The SMILES string of the molecule is CCNC(c1ccccc1)C(C)CCCOCC(F)(F)F. The highest BCUT2D eigenvalue weighted by molar-refractivity contribution is 5.19. The van der Waals surface area contributed by atoms with Crippen molar-refractivity contribution in [2.24, 2.45) is 5.92 Å². The quantitative estimate of drug-likeness (QED) is 0.686. The second-order valence-electron chi connectivity index (χ2n) is 5.23. The molecule has 0 aliphatic heterocycles. The molecule has 21 heavy (non-hydrogen) atoms. The van der Waals surface area contributed by atoms with Crippen molar-refractivity contribution in [1.82, 2.24) is 5.32 Å². The monoisotopic (exact) mass is 303 g/mol. The predicted molar refractivity (Wildman–Crippen MR) is 78.1 cm³/mol. The maximum atomic E-state index is 12.0. The molecule has 1 aromatic carbocycles. The number of hydrogen-bond donors (Lipinski definition) is 1. The van der Waals surface area contributed by atoms with E-state index < -0.39 is 12.8 Å². The molecule has 0 radical (unpaired) electrons. The van der Waals surface area contributed by atoms with Crippen LogP contribution in [0.4, 0.5) is 13.2 Å². The van der Waals surface area contributed by atoms with Gasteiger partial charge in [-0.3, -0.25) is 0 Å². The van der Waals surface area contributed by atoms with Crippen LogP contribution in [0.3, 0.4) is 0 Å². The Kier molecular flexibility index (Phi) is 7.75. The van der Waals surface area contributed by atoms with Crippen LogP contribution < -0.4 is 5.32 Å². The molecule has 2 nitrogen and oxygen atoms in total. The molecule has 0 saturated heterocycles. The Bertz CT molecular complexity index is 381. The average Bonchev–Trinajstić information content (AvgIpc) is 2.44. The van der Waals surface area contributed by atoms with Crippen LogP contribution in [-0.2, 0) is 4.74 Å². The summed E-state index contributed by atoms with van der Waals surface area (Å²) >= 11 is 0. The Balaban J connectivity index is 2.38. The minimum atomic E-state index is -4.23. The molecule has 1 aromatic rings. The Labute approximate surface area is 124 Å². The number of ether oxygens (including phenoxy) is 1. The zero-order valence-corrected chi connectivity index (χ0v) is 12.6. The van der Waals surface area contributed by atoms with Crippen LogP contribution in [0.25, 0.3) is 0 Å². The van der Waals surface area contributed by atoms with Crippen LogP contribution in [0.1, 0.15) is 38.3 Å². The van der Waals surface area contributed by atoms with Crippen molar-refractivity contribution in [1.29, 1.82) is 0 Å². The summed E-state index contributed by atoms with van der Waals surface area (Å²) in [4.78, 5) is 0. The van der Waals surface area contributed by atoms with Crippen LogP contribution in [-0.4, -0.2) is 25.9 Å². The van der Waals surface area contributed by atoms with Crippen LogP contribution in [0.5, 0.6) is 0 Å². The van der Waals surface area contributed by atoms with Crippen LogP contribution in [0, 0.1) is 5.92 Å². The molecule has 5 heteroatoms. The van der Waals surface area contributed by atoms with Crippen molar-refractivity contribution in [3.63, 3.8) is 0 Å². The molecule has 0 amide bonds. The molecule has 120 valence electrons. The molecule has 0 fully saturated rings. The number of halogens is 3. The van der Waals surface area contributed by atoms with E-state index in [2.05, 4.69) is 36.0 Å². The second kappa shape index (κ2) is 9.05. The Hall–Kier alpha value is -1.07. The van der Waals surface area contributed by atoms with Gasteiger partial charge < -0.3 is 10.1 Å². The lowest BCUT2D eigenvalue weighted by molar-refractivity contribution is -0.174. The Morgan fingerprint density at radius 2 is 1.86 bits per heavy atom. The Morgan fingerprint density at radius 3 is 2.43 bits per heavy atom. The van der Waals surface area contributed by atoms with E-state index in [1.54, 1.807) is 0 Å². The highest BCUT2D eigenvalue weighted by Gasteiger charge is 2.27. The van der Waals surface area contributed by atoms with Crippen LogP contribution in [0.15, 0.2) is 30.3 Å². The highest BCUT2D eigenvalue weighted by atomic mass is 19.4. The zero-order chi connectivity index (χ0) is 15.7. The first-order valence-electron chi connectivity index (χ1n) is 7.37. The van der Waals surface area contributed by atoms with Gasteiger partial charge in [0, 0.05) is 12.6 Å². The van der Waals surface area contributed by atoms with Gasteiger partial charge in [-0.25, -0.2) is 0 Å². The first-order chi connectivity index (χ1) is 9.94. The van der Waals surface area contributed by atoms with Crippen LogP contribution >= 0.6 is 0 Å². The van der Waals surface area contributed by atoms with E-state index in [9.17, 15) is 13.2 Å². The first kappa shape index (κ1) is 18.0. The van der Waals surface area contributed by atoms with Gasteiger partial charge in [-0.1, -0.05) is 44.2 Å². The molecule has 2 atom stereocenters. The number of rotatable bonds is 9. The van der Waals surface area contributed by atoms with E-state index >= 15 is 0 Å². The third-order valence-corrected chi connectivity index (χ3v) is 3.37. The molecule has 0 saturated carbocycles. The Morgan fingerprint density at radius 1 is 1.19 bits per heavy atom. The van der Waals surface area contributed by atoms with Crippen molar-refractivity contribution in [3.8, 4) is 0 Å². The van der Waals surface area contributed by atoms with Crippen LogP contribution in [0.2, 0.25) is 0 Å². The van der Waals surface area contributed by atoms with E-state index in [-0.39, 0.29) is 12.6 Å². The van der Waals surface area contributed by atoms with Crippen molar-refractivity contribution in [2.45, 2.75) is 38.9 Å². The van der Waals surface area contributed by atoms with Gasteiger partial charge in [0.15, 0.2) is 0 Å². The number of hydrogen-bond acceptors (Lipinski definition) is 2. The molecular weight excluding hydrogens is 279 g/mol. The van der Waals surface area contributed by atoms with Crippen molar-refractivity contribution in [3.05, 3.63) is 35.9 Å². The molecule has 0 aliphatic carbocycles. The van der Waals surface area contributed by atoms with E-state index in [1.165, 1.54) is 5.56 Å². The largest absolute Gasteiger partial charge is 0.411 e. The zero-order valence-electron chi connectivity index (χ0n) is 12.6. The molecule has 2 unspecified atom stereocenters. The first-order valence-corrected chi connectivity index (χ1v) is 7.37. The molecule has 0 aliphatic rings. The highest BCUT2D eigenvalue weighted by Crippen LogP contribution is 2.25. The standard InChI is InChI=1S/C16H24F3NO/c1-3-20-15(14-9-5-4-6-10-14)13(2)8-7-11-21-12-16(17,18)19/h4-6,9-10,13,15,20H,3,7-8,11-12H2,1-2H3. The number of nitrogens with one attached hydrogen (secondary N) is 1. The number of alkyl halides is 3. The van der Waals surface area contributed by atoms with Gasteiger partial charge in [0.1, 0.15) is 6.61 Å². The minimum absolute atomic E-state index is 0.150. The lowest BCUT2D eigenvalue weighted by atomic mass is 9.91. The molecule has 1 rings (SSSR count). The fourth-order valence-corrected chi connectivity index (χ4v) is 2.39. The summed E-state index contributed by atoms with van der Waals surface area (Å²) in [5.74, 6) is 0.335. The van der Waals surface area contributed by atoms with Gasteiger partial charge in [0.05, 0.1) is 0 Å². The van der Waals surface area contributed by atoms with Crippen molar-refractivity contribution >= 4 is 0 Å². The lowest BCUT2D eigenvalue weighted by Crippen LogP contribution is -2.27. The van der Waals surface area contributed by atoms with Gasteiger partial charge >= 0.3 is 6.18 Å². The molecular formula is C16H24F3NO. The third kappa shape index (κ3) is 7.48. The smallest absolute Gasteiger partial charge is 0.372 e. The molecule has 0 heterocycles. The summed E-state index contributed by atoms with van der Waals surface area (Å²) in [5, 5.41) is 3.44. The van der Waals surface area contributed by atoms with Crippen molar-refractivity contribution < 1.29 is 17.9 Å². The van der Waals surface area contributed by atoms with Gasteiger partial charge in [-0.2, -0.15) is 13.2 Å². The maximum absolute atomic E-state index is 12.0. The molecule has 0 spiro atoms. The summed E-state index contributed by atoms with van der Waals surface area (Å²) in [6.45, 7) is 4.02. The van der Waals surface area contributed by atoms with Gasteiger partial charge in [0.25, 0.3) is 0 Å². The van der Waals surface area contributed by atoms with Gasteiger partial charge in [-0.15, -0.1) is 0 Å². The fraction of sp³-hybridized carbons (Fsp3) is 0.625. The summed E-state index contributed by atoms with van der Waals surface area (Å²) in [6.07, 6.45) is -2.78. The normalized spacial score (nSPS) is 14.9. The van der Waals surface area contributed by atoms with E-state index in [4.69, 9.17) is 0 Å². The van der Waals surface area contributed by atoms with E-state index in [1.807, 2.05) is 18.2 Å². The lowest BCUT2D eigenvalue weighted by Gasteiger charge is -2.25. The topological polar surface area (TPSA) is 21.3 Å². The van der Waals surface area contributed by atoms with Gasteiger partial charge in [0.2, 0.25) is 0 Å². The summed E-state index contributed by atoms with van der Waals surface area (Å²) in [6, 6.07) is 10.3. The second-order valence-corrected chi connectivity index (χ2v) is 5.23. The summed E-state index contributed by atoms with van der Waals surface area (Å²) in [7, 11) is 0. The van der Waals surface area contributed by atoms with E-state index in [0.29, 0.717) is 12.3 Å². The summed E-state index contributed by atoms with van der Waals surface area (Å²) in [5.41, 5.74) is 1.21. The summed E-state index contributed by atoms with van der Waals surface area (Å²) < 4.78 is 40.5.